The van der Waals surface area contributed by atoms with E-state index in [2.05, 4.69) is 15.0 Å². The van der Waals surface area contributed by atoms with Crippen molar-refractivity contribution in [3.63, 3.8) is 0 Å². The van der Waals surface area contributed by atoms with Crippen molar-refractivity contribution in [1.82, 2.24) is 29.5 Å². The summed E-state index contributed by atoms with van der Waals surface area (Å²) in [7, 11) is 3.11. The molecule has 2 aliphatic rings. The fourth-order valence-corrected chi connectivity index (χ4v) is 5.47. The Morgan fingerprint density at radius 1 is 1.03 bits per heavy atom. The van der Waals surface area contributed by atoms with Crippen LogP contribution < -0.4 is 9.47 Å². The van der Waals surface area contributed by atoms with Crippen molar-refractivity contribution < 1.29 is 22.6 Å². The molecule has 1 fully saturated rings. The Balaban J connectivity index is 1.27. The lowest BCUT2D eigenvalue weighted by atomic mass is 10.1. The monoisotopic (exact) mass is 540 g/mol. The van der Waals surface area contributed by atoms with Gasteiger partial charge in [-0.15, -0.1) is 0 Å². The topological polar surface area (TPSA) is 87.8 Å². The van der Waals surface area contributed by atoms with Crippen LogP contribution in [-0.2, 0) is 31.3 Å². The maximum Gasteiger partial charge on any atom is 0.434 e. The Kier molecular flexibility index (Phi) is 6.21. The summed E-state index contributed by atoms with van der Waals surface area (Å²) < 4.78 is 52.2. The largest absolute Gasteiger partial charge is 0.480 e. The molecule has 0 bridgehead atoms. The highest BCUT2D eigenvalue weighted by molar-refractivity contribution is 7.98. The number of methoxy groups -OCH3 is 1. The SMILES string of the molecule is COc1ncnc(C2CC2)c1-c1nc2c(c(OCc3ccc(-c4nc(C(F)(F)F)cn4C)cc3)n1)CSC2. The van der Waals surface area contributed by atoms with E-state index in [1.807, 2.05) is 12.1 Å². The molecule has 6 rings (SSSR count). The summed E-state index contributed by atoms with van der Waals surface area (Å²) in [5.41, 5.74) is 4.00. The molecule has 1 saturated carbocycles. The van der Waals surface area contributed by atoms with E-state index in [-0.39, 0.29) is 12.4 Å². The third-order valence-electron chi connectivity index (χ3n) is 6.52. The lowest BCUT2D eigenvalue weighted by molar-refractivity contribution is -0.140. The number of halogens is 3. The van der Waals surface area contributed by atoms with Gasteiger partial charge in [0.25, 0.3) is 0 Å². The minimum absolute atomic E-state index is 0.236. The van der Waals surface area contributed by atoms with Gasteiger partial charge in [0.2, 0.25) is 11.8 Å². The number of aromatic nitrogens is 6. The average Bonchev–Trinajstić information content (AvgIpc) is 3.51. The number of rotatable bonds is 7. The third kappa shape index (κ3) is 4.68. The maximum atomic E-state index is 13.0. The summed E-state index contributed by atoms with van der Waals surface area (Å²) in [6.07, 6.45) is 0.120. The molecule has 0 amide bonds. The number of benzene rings is 1. The Hall–Kier alpha value is -3.67. The molecule has 1 aliphatic heterocycles. The number of ether oxygens (including phenoxy) is 2. The normalized spacial score (nSPS) is 15.0. The van der Waals surface area contributed by atoms with Gasteiger partial charge >= 0.3 is 6.18 Å². The van der Waals surface area contributed by atoms with Gasteiger partial charge in [-0.25, -0.2) is 19.9 Å². The Morgan fingerprint density at radius 3 is 2.50 bits per heavy atom. The zero-order chi connectivity index (χ0) is 26.4. The average molecular weight is 541 g/mol. The Morgan fingerprint density at radius 2 is 1.82 bits per heavy atom. The molecule has 0 atom stereocenters. The molecule has 38 heavy (non-hydrogen) atoms. The molecule has 4 heterocycles. The van der Waals surface area contributed by atoms with Gasteiger partial charge in [-0.2, -0.15) is 29.9 Å². The van der Waals surface area contributed by atoms with Crippen LogP contribution in [-0.4, -0.2) is 36.6 Å². The zero-order valence-electron chi connectivity index (χ0n) is 20.6. The van der Waals surface area contributed by atoms with Gasteiger partial charge in [-0.05, 0) is 18.4 Å². The van der Waals surface area contributed by atoms with Crippen molar-refractivity contribution in [2.24, 2.45) is 7.05 Å². The number of imidazole rings is 1. The number of hydrogen-bond donors (Lipinski definition) is 0. The van der Waals surface area contributed by atoms with E-state index in [0.29, 0.717) is 34.6 Å². The number of thioether (sulfide) groups is 1. The van der Waals surface area contributed by atoms with Crippen LogP contribution in [0.2, 0.25) is 0 Å². The molecule has 1 aliphatic carbocycles. The molecule has 4 aromatic rings. The molecule has 3 aromatic heterocycles. The Labute approximate surface area is 220 Å². The molecule has 0 N–H and O–H groups in total. The molecule has 0 saturated heterocycles. The van der Waals surface area contributed by atoms with Gasteiger partial charge in [0.1, 0.15) is 24.3 Å². The van der Waals surface area contributed by atoms with Crippen LogP contribution in [0.3, 0.4) is 0 Å². The second kappa shape index (κ2) is 9.57. The van der Waals surface area contributed by atoms with E-state index in [9.17, 15) is 13.2 Å². The quantitative estimate of drug-likeness (QED) is 0.301. The van der Waals surface area contributed by atoms with Crippen molar-refractivity contribution in [3.05, 3.63) is 65.0 Å². The van der Waals surface area contributed by atoms with Gasteiger partial charge < -0.3 is 14.0 Å². The van der Waals surface area contributed by atoms with E-state index in [0.717, 1.165) is 53.1 Å². The summed E-state index contributed by atoms with van der Waals surface area (Å²) in [5, 5.41) is 0. The van der Waals surface area contributed by atoms with Crippen molar-refractivity contribution in [3.8, 4) is 34.5 Å². The fourth-order valence-electron chi connectivity index (χ4n) is 4.44. The highest BCUT2D eigenvalue weighted by Gasteiger charge is 2.35. The summed E-state index contributed by atoms with van der Waals surface area (Å²) in [6.45, 7) is 0.236. The van der Waals surface area contributed by atoms with Crippen LogP contribution in [0.4, 0.5) is 13.2 Å². The molecular formula is C26H23F3N6O2S. The number of alkyl halides is 3. The van der Waals surface area contributed by atoms with Gasteiger partial charge in [0.15, 0.2) is 11.5 Å². The summed E-state index contributed by atoms with van der Waals surface area (Å²) in [4.78, 5) is 22.2. The molecule has 0 radical (unpaired) electrons. The van der Waals surface area contributed by atoms with Gasteiger partial charge in [-0.1, -0.05) is 24.3 Å². The summed E-state index contributed by atoms with van der Waals surface area (Å²) in [6, 6.07) is 7.10. The number of fused-ring (bicyclic) bond motifs is 1. The van der Waals surface area contributed by atoms with Crippen LogP contribution in [0.1, 0.15) is 47.0 Å². The van der Waals surface area contributed by atoms with Crippen LogP contribution >= 0.6 is 11.8 Å². The first-order valence-electron chi connectivity index (χ1n) is 12.0. The van der Waals surface area contributed by atoms with E-state index in [4.69, 9.17) is 19.4 Å². The first-order valence-corrected chi connectivity index (χ1v) is 13.2. The van der Waals surface area contributed by atoms with E-state index in [1.54, 1.807) is 38.1 Å². The number of hydrogen-bond acceptors (Lipinski definition) is 8. The third-order valence-corrected chi connectivity index (χ3v) is 7.49. The second-order valence-electron chi connectivity index (χ2n) is 9.23. The van der Waals surface area contributed by atoms with Crippen LogP contribution in [0.5, 0.6) is 11.8 Å². The minimum atomic E-state index is -4.49. The molecule has 0 spiro atoms. The lowest BCUT2D eigenvalue weighted by Crippen LogP contribution is -2.07. The molecule has 1 aromatic carbocycles. The Bertz CT molecular complexity index is 1500. The van der Waals surface area contributed by atoms with Crippen molar-refractivity contribution >= 4 is 11.8 Å². The first kappa shape index (κ1) is 24.7. The lowest BCUT2D eigenvalue weighted by Gasteiger charge is -2.14. The highest BCUT2D eigenvalue weighted by Crippen LogP contribution is 2.46. The van der Waals surface area contributed by atoms with Gasteiger partial charge in [0.05, 0.1) is 18.5 Å². The smallest absolute Gasteiger partial charge is 0.434 e. The van der Waals surface area contributed by atoms with Gasteiger partial charge in [0, 0.05) is 41.8 Å². The van der Waals surface area contributed by atoms with Gasteiger partial charge in [-0.3, -0.25) is 0 Å². The molecular weight excluding hydrogens is 517 g/mol. The van der Waals surface area contributed by atoms with E-state index >= 15 is 0 Å². The maximum absolute atomic E-state index is 13.0. The van der Waals surface area contributed by atoms with Crippen LogP contribution in [0, 0.1) is 0 Å². The highest BCUT2D eigenvalue weighted by atomic mass is 32.2. The molecule has 12 heteroatoms. The fraction of sp³-hybridized carbons (Fsp3) is 0.346. The molecule has 196 valence electrons. The first-order chi connectivity index (χ1) is 18.3. The minimum Gasteiger partial charge on any atom is -0.480 e. The van der Waals surface area contributed by atoms with Crippen LogP contribution in [0.15, 0.2) is 36.8 Å². The standard InChI is InChI=1S/C26H23F3N6O2S/c1-35-9-19(26(27,28)29)33-23(35)16-5-3-14(4-6-16)10-37-24-17-11-38-12-18(17)32-22(34-24)20-21(15-7-8-15)30-13-31-25(20)36-2/h3-6,9,13,15H,7-8,10-12H2,1-2H3. The number of nitrogens with zero attached hydrogens (tertiary/aromatic N) is 6. The summed E-state index contributed by atoms with van der Waals surface area (Å²) >= 11 is 1.75. The predicted molar refractivity (Wildman–Crippen MR) is 135 cm³/mol. The second-order valence-corrected chi connectivity index (χ2v) is 10.2. The van der Waals surface area contributed by atoms with Crippen molar-refractivity contribution in [1.29, 1.82) is 0 Å². The van der Waals surface area contributed by atoms with E-state index in [1.165, 1.54) is 10.9 Å². The van der Waals surface area contributed by atoms with Crippen molar-refractivity contribution in [2.45, 2.75) is 43.0 Å². The van der Waals surface area contributed by atoms with Crippen molar-refractivity contribution in [2.75, 3.05) is 7.11 Å². The summed E-state index contributed by atoms with van der Waals surface area (Å²) in [5.74, 6) is 3.54. The molecule has 0 unspecified atom stereocenters. The predicted octanol–water partition coefficient (Wildman–Crippen LogP) is 5.56. The van der Waals surface area contributed by atoms with E-state index < -0.39 is 11.9 Å². The number of aryl methyl sites for hydroxylation is 1. The molecule has 8 nitrogen and oxygen atoms in total. The van der Waals surface area contributed by atoms with Crippen LogP contribution in [0.25, 0.3) is 22.8 Å². The zero-order valence-corrected chi connectivity index (χ0v) is 21.4.